The molecule has 2 N–H and O–H groups in total. The van der Waals surface area contributed by atoms with Gasteiger partial charge in [-0.15, -0.1) is 0 Å². The molecule has 0 aliphatic heterocycles. The molecule has 27 heavy (non-hydrogen) atoms. The second-order valence-electron chi connectivity index (χ2n) is 6.98. The van der Waals surface area contributed by atoms with Crippen molar-refractivity contribution in [2.24, 2.45) is 0 Å². The lowest BCUT2D eigenvalue weighted by atomic mass is 10.2. The molecular weight excluding hydrogens is 412 g/mol. The average molecular weight is 437 g/mol. The number of anilines is 2. The van der Waals surface area contributed by atoms with Crippen molar-refractivity contribution in [3.8, 4) is 0 Å². The standard InChI is InChI=1S/C19H25BrN4O3/c1-5-21-10-13-6-7-16(22-11-13)24(18(26)27-19(2,3)4)15-8-14(9-20)12-23-17(15)25/h6-8,11-12,21H,5,9-10H2,1-4H3,(H,23,25). The number of ether oxygens (including phenoxy) is 1. The van der Waals surface area contributed by atoms with Crippen molar-refractivity contribution in [3.05, 3.63) is 52.1 Å². The maximum atomic E-state index is 12.9. The van der Waals surface area contributed by atoms with E-state index in [0.29, 0.717) is 17.7 Å². The number of nitrogens with one attached hydrogen (secondary N) is 2. The monoisotopic (exact) mass is 436 g/mol. The van der Waals surface area contributed by atoms with Gasteiger partial charge in [-0.3, -0.25) is 4.79 Å². The number of rotatable bonds is 6. The van der Waals surface area contributed by atoms with Crippen LogP contribution in [0.25, 0.3) is 0 Å². The van der Waals surface area contributed by atoms with Crippen LogP contribution in [0.1, 0.15) is 38.8 Å². The SMILES string of the molecule is CCNCc1ccc(N(C(=O)OC(C)(C)C)c2cc(CBr)c[nH]c2=O)nc1. The minimum Gasteiger partial charge on any atom is -0.443 e. The summed E-state index contributed by atoms with van der Waals surface area (Å²) in [7, 11) is 0. The number of carbonyl (C=O) groups excluding carboxylic acids is 1. The first-order valence-corrected chi connectivity index (χ1v) is 9.83. The van der Waals surface area contributed by atoms with Crippen LogP contribution in [0, 0.1) is 0 Å². The third-order valence-electron chi connectivity index (χ3n) is 3.53. The molecule has 0 bridgehead atoms. The number of nitrogens with zero attached hydrogens (tertiary/aromatic N) is 2. The molecule has 0 aromatic carbocycles. The fraction of sp³-hybridized carbons (Fsp3) is 0.421. The normalized spacial score (nSPS) is 11.3. The van der Waals surface area contributed by atoms with Crippen LogP contribution in [0.15, 0.2) is 35.4 Å². The van der Waals surface area contributed by atoms with E-state index in [2.05, 4.69) is 31.2 Å². The van der Waals surface area contributed by atoms with Gasteiger partial charge in [0.2, 0.25) is 0 Å². The zero-order valence-corrected chi connectivity index (χ0v) is 17.6. The fourth-order valence-corrected chi connectivity index (χ4v) is 2.63. The number of hydrogen-bond acceptors (Lipinski definition) is 5. The van der Waals surface area contributed by atoms with Gasteiger partial charge in [0.25, 0.3) is 5.56 Å². The molecule has 0 saturated carbocycles. The number of carbonyl (C=O) groups is 1. The van der Waals surface area contributed by atoms with E-state index in [1.54, 1.807) is 45.3 Å². The summed E-state index contributed by atoms with van der Waals surface area (Å²) in [5.74, 6) is 0.321. The number of amides is 1. The van der Waals surface area contributed by atoms with Gasteiger partial charge in [-0.05, 0) is 50.6 Å². The number of pyridine rings is 2. The maximum Gasteiger partial charge on any atom is 0.420 e. The summed E-state index contributed by atoms with van der Waals surface area (Å²) < 4.78 is 5.50. The molecular formula is C19H25BrN4O3. The van der Waals surface area contributed by atoms with Gasteiger partial charge in [0, 0.05) is 24.3 Å². The van der Waals surface area contributed by atoms with Crippen LogP contribution in [-0.4, -0.2) is 28.2 Å². The minimum atomic E-state index is -0.708. The Hall–Kier alpha value is -2.19. The zero-order chi connectivity index (χ0) is 20.0. The largest absolute Gasteiger partial charge is 0.443 e. The lowest BCUT2D eigenvalue weighted by molar-refractivity contribution is 0.0598. The lowest BCUT2D eigenvalue weighted by Crippen LogP contribution is -2.37. The van der Waals surface area contributed by atoms with Gasteiger partial charge in [-0.1, -0.05) is 28.9 Å². The summed E-state index contributed by atoms with van der Waals surface area (Å²) in [6, 6.07) is 5.22. The summed E-state index contributed by atoms with van der Waals surface area (Å²) in [5.41, 5.74) is 0.854. The molecule has 1 amide bonds. The Labute approximate surface area is 167 Å². The van der Waals surface area contributed by atoms with E-state index in [4.69, 9.17) is 4.74 Å². The van der Waals surface area contributed by atoms with E-state index in [1.807, 2.05) is 13.0 Å². The van der Waals surface area contributed by atoms with Crippen LogP contribution in [0.2, 0.25) is 0 Å². The van der Waals surface area contributed by atoms with Crippen molar-refractivity contribution in [2.75, 3.05) is 11.4 Å². The molecule has 0 radical (unpaired) electrons. The van der Waals surface area contributed by atoms with Crippen molar-refractivity contribution in [2.45, 2.75) is 45.2 Å². The van der Waals surface area contributed by atoms with Gasteiger partial charge in [0.1, 0.15) is 17.1 Å². The predicted octanol–water partition coefficient (Wildman–Crippen LogP) is 3.85. The number of hydrogen-bond donors (Lipinski definition) is 2. The molecule has 0 fully saturated rings. The van der Waals surface area contributed by atoms with Crippen LogP contribution in [0.5, 0.6) is 0 Å². The van der Waals surface area contributed by atoms with Gasteiger partial charge < -0.3 is 15.0 Å². The minimum absolute atomic E-state index is 0.160. The molecule has 0 saturated heterocycles. The van der Waals surface area contributed by atoms with Crippen molar-refractivity contribution < 1.29 is 9.53 Å². The van der Waals surface area contributed by atoms with E-state index in [0.717, 1.165) is 17.7 Å². The van der Waals surface area contributed by atoms with Gasteiger partial charge in [-0.25, -0.2) is 14.7 Å². The molecule has 7 nitrogen and oxygen atoms in total. The lowest BCUT2D eigenvalue weighted by Gasteiger charge is -2.26. The molecule has 0 aliphatic carbocycles. The molecule has 2 aromatic rings. The fourth-order valence-electron chi connectivity index (χ4n) is 2.30. The van der Waals surface area contributed by atoms with E-state index in [9.17, 15) is 9.59 Å². The van der Waals surface area contributed by atoms with Crippen LogP contribution in [-0.2, 0) is 16.6 Å². The molecule has 2 rings (SSSR count). The predicted molar refractivity (Wildman–Crippen MR) is 110 cm³/mol. The smallest absolute Gasteiger partial charge is 0.420 e. The topological polar surface area (TPSA) is 87.3 Å². The van der Waals surface area contributed by atoms with Crippen molar-refractivity contribution in [1.29, 1.82) is 0 Å². The van der Waals surface area contributed by atoms with Crippen LogP contribution >= 0.6 is 15.9 Å². The Kier molecular flexibility index (Phi) is 7.15. The Balaban J connectivity index is 2.47. The molecule has 8 heteroatoms. The van der Waals surface area contributed by atoms with E-state index in [-0.39, 0.29) is 5.69 Å². The van der Waals surface area contributed by atoms with Crippen LogP contribution in [0.4, 0.5) is 16.3 Å². The summed E-state index contributed by atoms with van der Waals surface area (Å²) in [6.07, 6.45) is 2.62. The summed E-state index contributed by atoms with van der Waals surface area (Å²) in [4.78, 5) is 33.5. The van der Waals surface area contributed by atoms with Crippen molar-refractivity contribution >= 4 is 33.5 Å². The zero-order valence-electron chi connectivity index (χ0n) is 16.0. The van der Waals surface area contributed by atoms with Gasteiger partial charge in [0.15, 0.2) is 0 Å². The summed E-state index contributed by atoms with van der Waals surface area (Å²) in [5, 5.41) is 3.75. The highest BCUT2D eigenvalue weighted by atomic mass is 79.9. The number of H-pyrrole nitrogens is 1. The highest BCUT2D eigenvalue weighted by Gasteiger charge is 2.27. The maximum absolute atomic E-state index is 12.9. The molecule has 2 aromatic heterocycles. The first-order valence-electron chi connectivity index (χ1n) is 8.71. The van der Waals surface area contributed by atoms with Crippen molar-refractivity contribution in [3.63, 3.8) is 0 Å². The van der Waals surface area contributed by atoms with Gasteiger partial charge in [-0.2, -0.15) is 0 Å². The highest BCUT2D eigenvalue weighted by molar-refractivity contribution is 9.08. The molecule has 0 spiro atoms. The van der Waals surface area contributed by atoms with Gasteiger partial charge in [0.05, 0.1) is 0 Å². The Morgan fingerprint density at radius 3 is 2.63 bits per heavy atom. The third-order valence-corrected chi connectivity index (χ3v) is 4.18. The third kappa shape index (κ3) is 5.90. The molecule has 2 heterocycles. The average Bonchev–Trinajstić information content (AvgIpc) is 2.61. The molecule has 0 atom stereocenters. The Morgan fingerprint density at radius 1 is 1.33 bits per heavy atom. The van der Waals surface area contributed by atoms with Crippen molar-refractivity contribution in [1.82, 2.24) is 15.3 Å². The van der Waals surface area contributed by atoms with Crippen LogP contribution < -0.4 is 15.8 Å². The molecule has 0 unspecified atom stereocenters. The van der Waals surface area contributed by atoms with Crippen LogP contribution in [0.3, 0.4) is 0 Å². The van der Waals surface area contributed by atoms with E-state index >= 15 is 0 Å². The Bertz CT molecular complexity index is 828. The number of alkyl halides is 1. The Morgan fingerprint density at radius 2 is 2.07 bits per heavy atom. The summed E-state index contributed by atoms with van der Waals surface area (Å²) >= 11 is 3.36. The summed E-state index contributed by atoms with van der Waals surface area (Å²) in [6.45, 7) is 8.87. The quantitative estimate of drug-likeness (QED) is 0.671. The first-order chi connectivity index (χ1) is 12.7. The second-order valence-corrected chi connectivity index (χ2v) is 7.54. The highest BCUT2D eigenvalue weighted by Crippen LogP contribution is 2.25. The van der Waals surface area contributed by atoms with Gasteiger partial charge >= 0.3 is 6.09 Å². The molecule has 146 valence electrons. The second kappa shape index (κ2) is 9.14. The van der Waals surface area contributed by atoms with E-state index < -0.39 is 17.3 Å². The molecule has 0 aliphatic rings. The number of halogens is 1. The number of aromatic nitrogens is 2. The number of aromatic amines is 1. The van der Waals surface area contributed by atoms with E-state index in [1.165, 1.54) is 4.90 Å². The first kappa shape index (κ1) is 21.1.